The van der Waals surface area contributed by atoms with E-state index in [2.05, 4.69) is 26.0 Å². The summed E-state index contributed by atoms with van der Waals surface area (Å²) in [6.45, 7) is 1.92. The zero-order valence-corrected chi connectivity index (χ0v) is 13.7. The van der Waals surface area contributed by atoms with Crippen LogP contribution in [0.1, 0.15) is 29.4 Å². The number of amides is 1. The topological polar surface area (TPSA) is 89.7 Å². The molecule has 0 unspecified atom stereocenters. The van der Waals surface area contributed by atoms with Crippen LogP contribution in [-0.2, 0) is 0 Å². The highest BCUT2D eigenvalue weighted by molar-refractivity contribution is 6.03. The number of carbonyl (C=O) groups excluding carboxylic acids is 1. The van der Waals surface area contributed by atoms with Crippen molar-refractivity contribution in [1.82, 2.24) is 30.1 Å². The molecular formula is C17H19N7O. The summed E-state index contributed by atoms with van der Waals surface area (Å²) in [5.41, 5.74) is 1.79. The number of nitrogens with one attached hydrogen (secondary N) is 2. The summed E-state index contributed by atoms with van der Waals surface area (Å²) in [6, 6.07) is 9.64. The number of hydrogen-bond acceptors (Lipinski definition) is 5. The molecule has 1 amide bonds. The lowest BCUT2D eigenvalue weighted by molar-refractivity contribution is 0.102. The normalized spacial score (nSPS) is 15.2. The van der Waals surface area contributed by atoms with Gasteiger partial charge in [0.05, 0.1) is 23.6 Å². The van der Waals surface area contributed by atoms with Crippen molar-refractivity contribution in [2.24, 2.45) is 0 Å². The Kier molecular flexibility index (Phi) is 4.26. The molecule has 2 aromatic heterocycles. The van der Waals surface area contributed by atoms with Crippen molar-refractivity contribution in [2.75, 3.05) is 18.4 Å². The van der Waals surface area contributed by atoms with E-state index in [1.807, 2.05) is 36.5 Å². The first-order valence-corrected chi connectivity index (χ1v) is 8.34. The fourth-order valence-electron chi connectivity index (χ4n) is 3.01. The lowest BCUT2D eigenvalue weighted by Crippen LogP contribution is -2.29. The first-order chi connectivity index (χ1) is 12.3. The van der Waals surface area contributed by atoms with Gasteiger partial charge in [0.2, 0.25) is 0 Å². The van der Waals surface area contributed by atoms with Crippen molar-refractivity contribution in [2.45, 2.75) is 18.9 Å². The van der Waals surface area contributed by atoms with Crippen LogP contribution in [0.3, 0.4) is 0 Å². The first kappa shape index (κ1) is 15.5. The Hall–Kier alpha value is -3.00. The van der Waals surface area contributed by atoms with Crippen molar-refractivity contribution in [1.29, 1.82) is 0 Å². The van der Waals surface area contributed by atoms with Crippen LogP contribution in [-0.4, -0.2) is 43.8 Å². The first-order valence-electron chi connectivity index (χ1n) is 8.34. The summed E-state index contributed by atoms with van der Waals surface area (Å²) >= 11 is 0. The molecule has 1 aliphatic rings. The van der Waals surface area contributed by atoms with E-state index in [-0.39, 0.29) is 5.91 Å². The van der Waals surface area contributed by atoms with Gasteiger partial charge in [-0.25, -0.2) is 9.36 Å². The summed E-state index contributed by atoms with van der Waals surface area (Å²) in [4.78, 5) is 12.6. The fourth-order valence-corrected chi connectivity index (χ4v) is 3.01. The molecule has 3 aromatic rings. The SMILES string of the molecule is O=C(Nc1ccccc1-n1cccn1)c1cn(C2CCNCC2)nn1. The van der Waals surface area contributed by atoms with Crippen LogP contribution in [0, 0.1) is 0 Å². The van der Waals surface area contributed by atoms with Gasteiger partial charge in [-0.15, -0.1) is 5.10 Å². The molecule has 0 bridgehead atoms. The molecular weight excluding hydrogens is 318 g/mol. The molecule has 0 aliphatic carbocycles. The van der Waals surface area contributed by atoms with Gasteiger partial charge in [-0.3, -0.25) is 4.79 Å². The standard InChI is InChI=1S/C17H19N7O/c25-17(15-12-24(22-21-15)13-6-9-18-10-7-13)20-14-4-1-2-5-16(14)23-11-3-8-19-23/h1-5,8,11-13,18H,6-7,9-10H2,(H,20,25). The van der Waals surface area contributed by atoms with Crippen molar-refractivity contribution in [3.63, 3.8) is 0 Å². The van der Waals surface area contributed by atoms with Gasteiger partial charge in [-0.1, -0.05) is 17.3 Å². The molecule has 0 spiro atoms. The molecule has 0 atom stereocenters. The Labute approximate surface area is 144 Å². The van der Waals surface area contributed by atoms with E-state index in [9.17, 15) is 4.79 Å². The Balaban J connectivity index is 1.52. The van der Waals surface area contributed by atoms with Crippen LogP contribution in [0.15, 0.2) is 48.9 Å². The number of carbonyl (C=O) groups is 1. The third-order valence-corrected chi connectivity index (χ3v) is 4.33. The molecule has 1 aromatic carbocycles. The highest BCUT2D eigenvalue weighted by atomic mass is 16.2. The molecule has 128 valence electrons. The van der Waals surface area contributed by atoms with Crippen LogP contribution in [0.4, 0.5) is 5.69 Å². The predicted octanol–water partition coefficient (Wildman–Crippen LogP) is 1.64. The van der Waals surface area contributed by atoms with Crippen LogP contribution >= 0.6 is 0 Å². The Morgan fingerprint density at radius 2 is 2.04 bits per heavy atom. The maximum Gasteiger partial charge on any atom is 0.277 e. The van der Waals surface area contributed by atoms with Gasteiger partial charge in [-0.2, -0.15) is 5.10 Å². The number of para-hydroxylation sites is 2. The van der Waals surface area contributed by atoms with E-state index in [0.717, 1.165) is 31.6 Å². The molecule has 8 nitrogen and oxygen atoms in total. The number of hydrogen-bond donors (Lipinski definition) is 2. The van der Waals surface area contributed by atoms with E-state index < -0.39 is 0 Å². The van der Waals surface area contributed by atoms with Gasteiger partial charge >= 0.3 is 0 Å². The monoisotopic (exact) mass is 337 g/mol. The molecule has 0 radical (unpaired) electrons. The molecule has 1 fully saturated rings. The largest absolute Gasteiger partial charge is 0.319 e. The minimum absolute atomic E-state index is 0.278. The van der Waals surface area contributed by atoms with Crippen LogP contribution in [0.2, 0.25) is 0 Å². The minimum Gasteiger partial charge on any atom is -0.319 e. The third kappa shape index (κ3) is 3.29. The molecule has 25 heavy (non-hydrogen) atoms. The number of anilines is 1. The number of aromatic nitrogens is 5. The van der Waals surface area contributed by atoms with E-state index in [4.69, 9.17) is 0 Å². The molecule has 0 saturated carbocycles. The van der Waals surface area contributed by atoms with Gasteiger partial charge in [-0.05, 0) is 44.1 Å². The molecule has 1 aliphatic heterocycles. The van der Waals surface area contributed by atoms with Gasteiger partial charge in [0.1, 0.15) is 0 Å². The number of benzene rings is 1. The second-order valence-corrected chi connectivity index (χ2v) is 5.99. The highest BCUT2D eigenvalue weighted by Crippen LogP contribution is 2.20. The maximum atomic E-state index is 12.6. The molecule has 4 rings (SSSR count). The smallest absolute Gasteiger partial charge is 0.277 e. The van der Waals surface area contributed by atoms with Crippen molar-refractivity contribution >= 4 is 11.6 Å². The number of nitrogens with zero attached hydrogens (tertiary/aromatic N) is 5. The van der Waals surface area contributed by atoms with E-state index in [1.165, 1.54) is 0 Å². The fraction of sp³-hybridized carbons (Fsp3) is 0.294. The minimum atomic E-state index is -0.278. The van der Waals surface area contributed by atoms with E-state index in [0.29, 0.717) is 17.4 Å². The van der Waals surface area contributed by atoms with Crippen molar-refractivity contribution in [3.8, 4) is 5.69 Å². The zero-order chi connectivity index (χ0) is 17.1. The molecule has 1 saturated heterocycles. The molecule has 2 N–H and O–H groups in total. The molecule has 3 heterocycles. The van der Waals surface area contributed by atoms with Crippen molar-refractivity contribution < 1.29 is 4.79 Å². The van der Waals surface area contributed by atoms with E-state index in [1.54, 1.807) is 21.8 Å². The van der Waals surface area contributed by atoms with Gasteiger partial charge in [0, 0.05) is 12.4 Å². The second-order valence-electron chi connectivity index (χ2n) is 5.99. The summed E-state index contributed by atoms with van der Waals surface area (Å²) in [5, 5.41) is 18.6. The maximum absolute atomic E-state index is 12.6. The lowest BCUT2D eigenvalue weighted by atomic mass is 10.1. The van der Waals surface area contributed by atoms with Crippen molar-refractivity contribution in [3.05, 3.63) is 54.6 Å². The Morgan fingerprint density at radius 1 is 1.20 bits per heavy atom. The highest BCUT2D eigenvalue weighted by Gasteiger charge is 2.19. The second kappa shape index (κ2) is 6.86. The van der Waals surface area contributed by atoms with Gasteiger partial charge in [0.25, 0.3) is 5.91 Å². The average Bonchev–Trinajstić information content (AvgIpc) is 3.35. The number of rotatable bonds is 4. The van der Waals surface area contributed by atoms with Gasteiger partial charge in [0.15, 0.2) is 5.69 Å². The lowest BCUT2D eigenvalue weighted by Gasteiger charge is -2.22. The summed E-state index contributed by atoms with van der Waals surface area (Å²) in [6.07, 6.45) is 7.24. The number of piperidine rings is 1. The Morgan fingerprint density at radius 3 is 2.84 bits per heavy atom. The molecule has 8 heteroatoms. The average molecular weight is 337 g/mol. The quantitative estimate of drug-likeness (QED) is 0.755. The Bertz CT molecular complexity index is 850. The zero-order valence-electron chi connectivity index (χ0n) is 13.7. The summed E-state index contributed by atoms with van der Waals surface area (Å²) in [5.74, 6) is -0.278. The predicted molar refractivity (Wildman–Crippen MR) is 92.7 cm³/mol. The summed E-state index contributed by atoms with van der Waals surface area (Å²) in [7, 11) is 0. The summed E-state index contributed by atoms with van der Waals surface area (Å²) < 4.78 is 3.51. The van der Waals surface area contributed by atoms with Crippen LogP contribution in [0.5, 0.6) is 0 Å². The van der Waals surface area contributed by atoms with E-state index >= 15 is 0 Å². The van der Waals surface area contributed by atoms with Gasteiger partial charge < -0.3 is 10.6 Å². The van der Waals surface area contributed by atoms with Crippen LogP contribution < -0.4 is 10.6 Å². The third-order valence-electron chi connectivity index (χ3n) is 4.33. The van der Waals surface area contributed by atoms with Crippen LogP contribution in [0.25, 0.3) is 5.69 Å².